The number of halogens is 2. The van der Waals surface area contributed by atoms with Crippen molar-refractivity contribution in [2.24, 2.45) is 0 Å². The van der Waals surface area contributed by atoms with Crippen LogP contribution in [0.2, 0.25) is 5.02 Å². The molecule has 1 fully saturated rings. The lowest BCUT2D eigenvalue weighted by molar-refractivity contribution is 0.0698. The van der Waals surface area contributed by atoms with Crippen molar-refractivity contribution >= 4 is 40.1 Å². The number of amides is 1. The second-order valence-electron chi connectivity index (χ2n) is 4.83. The minimum Gasteiger partial charge on any atom is -0.336 e. The smallest absolute Gasteiger partial charge is 0.254 e. The SMILES string of the molecule is CC1CCCCCN1C(=O)c1ccc(I)c(Cl)c1. The van der Waals surface area contributed by atoms with E-state index in [1.807, 2.05) is 17.0 Å². The van der Waals surface area contributed by atoms with Gasteiger partial charge in [-0.05, 0) is 60.6 Å². The highest BCUT2D eigenvalue weighted by Crippen LogP contribution is 2.23. The quantitative estimate of drug-likeness (QED) is 0.666. The van der Waals surface area contributed by atoms with Crippen LogP contribution < -0.4 is 0 Å². The molecule has 1 aromatic carbocycles. The molecule has 2 nitrogen and oxygen atoms in total. The Hall–Kier alpha value is -0.290. The lowest BCUT2D eigenvalue weighted by Gasteiger charge is -2.27. The van der Waals surface area contributed by atoms with Crippen LogP contribution in [0.5, 0.6) is 0 Å². The Labute approximate surface area is 127 Å². The first-order chi connectivity index (χ1) is 8.59. The van der Waals surface area contributed by atoms with Gasteiger partial charge in [0.15, 0.2) is 0 Å². The molecule has 18 heavy (non-hydrogen) atoms. The first kappa shape index (κ1) is 14.1. The maximum Gasteiger partial charge on any atom is 0.254 e. The third-order valence-electron chi connectivity index (χ3n) is 3.48. The number of nitrogens with zero attached hydrogens (tertiary/aromatic N) is 1. The van der Waals surface area contributed by atoms with Crippen molar-refractivity contribution in [3.63, 3.8) is 0 Å². The summed E-state index contributed by atoms with van der Waals surface area (Å²) < 4.78 is 0.981. The standard InChI is InChI=1S/C14H17ClINO/c1-10-5-3-2-4-8-17(10)14(18)11-6-7-13(16)12(15)9-11/h6-7,9-10H,2-5,8H2,1H3. The zero-order valence-electron chi connectivity index (χ0n) is 10.5. The van der Waals surface area contributed by atoms with E-state index < -0.39 is 0 Å². The molecule has 0 saturated carbocycles. The van der Waals surface area contributed by atoms with Crippen LogP contribution in [0, 0.1) is 3.57 Å². The number of hydrogen-bond donors (Lipinski definition) is 0. The molecule has 0 N–H and O–H groups in total. The van der Waals surface area contributed by atoms with Crippen LogP contribution in [0.15, 0.2) is 18.2 Å². The maximum atomic E-state index is 12.5. The van der Waals surface area contributed by atoms with E-state index in [1.54, 1.807) is 6.07 Å². The topological polar surface area (TPSA) is 20.3 Å². The number of rotatable bonds is 1. The number of carbonyl (C=O) groups is 1. The van der Waals surface area contributed by atoms with Gasteiger partial charge in [-0.3, -0.25) is 4.79 Å². The first-order valence-electron chi connectivity index (χ1n) is 6.35. The first-order valence-corrected chi connectivity index (χ1v) is 7.81. The van der Waals surface area contributed by atoms with Crippen molar-refractivity contribution < 1.29 is 4.79 Å². The van der Waals surface area contributed by atoms with Gasteiger partial charge in [0.2, 0.25) is 0 Å². The van der Waals surface area contributed by atoms with E-state index in [0.29, 0.717) is 16.6 Å². The van der Waals surface area contributed by atoms with Crippen molar-refractivity contribution in [3.8, 4) is 0 Å². The number of hydrogen-bond acceptors (Lipinski definition) is 1. The molecule has 1 unspecified atom stereocenters. The molecule has 1 saturated heterocycles. The molecule has 4 heteroatoms. The van der Waals surface area contributed by atoms with Crippen LogP contribution in [0.3, 0.4) is 0 Å². The molecule has 1 aliphatic heterocycles. The normalized spacial score (nSPS) is 20.6. The van der Waals surface area contributed by atoms with Crippen molar-refractivity contribution in [3.05, 3.63) is 32.4 Å². The monoisotopic (exact) mass is 377 g/mol. The van der Waals surface area contributed by atoms with Gasteiger partial charge in [0.05, 0.1) is 5.02 Å². The van der Waals surface area contributed by atoms with Gasteiger partial charge in [0.25, 0.3) is 5.91 Å². The van der Waals surface area contributed by atoms with Crippen molar-refractivity contribution in [2.45, 2.75) is 38.6 Å². The van der Waals surface area contributed by atoms with Gasteiger partial charge >= 0.3 is 0 Å². The van der Waals surface area contributed by atoms with Crippen LogP contribution in [-0.4, -0.2) is 23.4 Å². The Morgan fingerprint density at radius 3 is 2.89 bits per heavy atom. The Morgan fingerprint density at radius 1 is 1.39 bits per heavy atom. The van der Waals surface area contributed by atoms with Gasteiger partial charge in [0.1, 0.15) is 0 Å². The highest BCUT2D eigenvalue weighted by atomic mass is 127. The van der Waals surface area contributed by atoms with Crippen molar-refractivity contribution in [1.82, 2.24) is 4.90 Å². The summed E-state index contributed by atoms with van der Waals surface area (Å²) in [5.74, 6) is 0.114. The average Bonchev–Trinajstić information content (AvgIpc) is 2.56. The molecule has 1 aromatic rings. The fourth-order valence-corrected chi connectivity index (χ4v) is 2.89. The minimum absolute atomic E-state index is 0.114. The van der Waals surface area contributed by atoms with E-state index >= 15 is 0 Å². The molecule has 0 bridgehead atoms. The maximum absolute atomic E-state index is 12.5. The number of likely N-dealkylation sites (tertiary alicyclic amines) is 1. The summed E-state index contributed by atoms with van der Waals surface area (Å²) in [5, 5.41) is 0.656. The Morgan fingerprint density at radius 2 is 2.17 bits per heavy atom. The molecule has 1 atom stereocenters. The summed E-state index contributed by atoms with van der Waals surface area (Å²) in [7, 11) is 0. The zero-order valence-corrected chi connectivity index (χ0v) is 13.4. The second-order valence-corrected chi connectivity index (χ2v) is 6.40. The van der Waals surface area contributed by atoms with E-state index in [9.17, 15) is 4.79 Å². The van der Waals surface area contributed by atoms with Gasteiger partial charge in [-0.1, -0.05) is 24.4 Å². The van der Waals surface area contributed by atoms with E-state index in [4.69, 9.17) is 11.6 Å². The van der Waals surface area contributed by atoms with Crippen molar-refractivity contribution in [2.75, 3.05) is 6.54 Å². The third-order valence-corrected chi connectivity index (χ3v) is 5.05. The summed E-state index contributed by atoms with van der Waals surface area (Å²) >= 11 is 8.26. The Bertz CT molecular complexity index is 449. The molecular weight excluding hydrogens is 361 g/mol. The van der Waals surface area contributed by atoms with Crippen LogP contribution in [0.4, 0.5) is 0 Å². The van der Waals surface area contributed by atoms with Gasteiger partial charge < -0.3 is 4.90 Å². The van der Waals surface area contributed by atoms with Crippen molar-refractivity contribution in [1.29, 1.82) is 0 Å². The highest BCUT2D eigenvalue weighted by Gasteiger charge is 2.23. The van der Waals surface area contributed by atoms with Crippen LogP contribution in [0.1, 0.15) is 43.0 Å². The van der Waals surface area contributed by atoms with Crippen LogP contribution in [-0.2, 0) is 0 Å². The molecule has 0 aliphatic carbocycles. The van der Waals surface area contributed by atoms with Gasteiger partial charge in [-0.2, -0.15) is 0 Å². The summed E-state index contributed by atoms with van der Waals surface area (Å²) in [4.78, 5) is 14.5. The predicted octanol–water partition coefficient (Wildman–Crippen LogP) is 4.35. The molecule has 1 heterocycles. The number of carbonyl (C=O) groups excluding carboxylic acids is 1. The summed E-state index contributed by atoms with van der Waals surface area (Å²) in [6.07, 6.45) is 4.65. The molecule has 0 spiro atoms. The molecule has 1 aliphatic rings. The predicted molar refractivity (Wildman–Crippen MR) is 83.1 cm³/mol. The average molecular weight is 378 g/mol. The van der Waals surface area contributed by atoms with E-state index in [-0.39, 0.29) is 5.91 Å². The fourth-order valence-electron chi connectivity index (χ4n) is 2.37. The molecule has 0 radical (unpaired) electrons. The fraction of sp³-hybridized carbons (Fsp3) is 0.500. The molecular formula is C14H17ClINO. The minimum atomic E-state index is 0.114. The highest BCUT2D eigenvalue weighted by molar-refractivity contribution is 14.1. The Kier molecular flexibility index (Phi) is 4.90. The van der Waals surface area contributed by atoms with Gasteiger partial charge in [0, 0.05) is 21.7 Å². The van der Waals surface area contributed by atoms with Gasteiger partial charge in [-0.15, -0.1) is 0 Å². The molecule has 0 aromatic heterocycles. The van der Waals surface area contributed by atoms with E-state index in [2.05, 4.69) is 29.5 Å². The van der Waals surface area contributed by atoms with E-state index in [1.165, 1.54) is 12.8 Å². The second kappa shape index (κ2) is 6.24. The van der Waals surface area contributed by atoms with Gasteiger partial charge in [-0.25, -0.2) is 0 Å². The van der Waals surface area contributed by atoms with E-state index in [0.717, 1.165) is 23.0 Å². The molecule has 2 rings (SSSR count). The molecule has 1 amide bonds. The third kappa shape index (κ3) is 3.18. The van der Waals surface area contributed by atoms with Crippen LogP contribution >= 0.6 is 34.2 Å². The summed E-state index contributed by atoms with van der Waals surface area (Å²) in [6, 6.07) is 5.88. The Balaban J connectivity index is 2.21. The summed E-state index contributed by atoms with van der Waals surface area (Å²) in [5.41, 5.74) is 0.703. The van der Waals surface area contributed by atoms with Crippen LogP contribution in [0.25, 0.3) is 0 Å². The lowest BCUT2D eigenvalue weighted by Crippen LogP contribution is -2.38. The molecule has 98 valence electrons. The number of benzene rings is 1. The zero-order chi connectivity index (χ0) is 13.1. The summed E-state index contributed by atoms with van der Waals surface area (Å²) in [6.45, 7) is 3.00. The lowest BCUT2D eigenvalue weighted by atomic mass is 10.1. The largest absolute Gasteiger partial charge is 0.336 e.